The molecule has 3 aromatic rings. The molecule has 0 bridgehead atoms. The van der Waals surface area contributed by atoms with Gasteiger partial charge in [0.2, 0.25) is 0 Å². The molecule has 5 nitrogen and oxygen atoms in total. The van der Waals surface area contributed by atoms with Gasteiger partial charge in [0.1, 0.15) is 5.69 Å². The summed E-state index contributed by atoms with van der Waals surface area (Å²) in [4.78, 5) is 27.8. The van der Waals surface area contributed by atoms with Crippen LogP contribution in [-0.2, 0) is 4.79 Å². The molecule has 0 radical (unpaired) electrons. The van der Waals surface area contributed by atoms with E-state index in [-0.39, 0.29) is 5.56 Å². The molecule has 128 valence electrons. The second kappa shape index (κ2) is 6.78. The van der Waals surface area contributed by atoms with Crippen LogP contribution in [0.4, 0.5) is 0 Å². The molecule has 1 amide bonds. The number of thiocarbonyl (C=S) groups is 1. The molecule has 0 aliphatic heterocycles. The summed E-state index contributed by atoms with van der Waals surface area (Å²) in [5.41, 5.74) is 3.22. The molecule has 0 atom stereocenters. The van der Waals surface area contributed by atoms with Gasteiger partial charge in [-0.05, 0) is 23.6 Å². The number of allylic oxidation sites excluding steroid dienone is 3. The van der Waals surface area contributed by atoms with Crippen LogP contribution < -0.4 is 11.0 Å². The zero-order valence-electron chi connectivity index (χ0n) is 13.5. The summed E-state index contributed by atoms with van der Waals surface area (Å²) in [5.74, 6) is -0.443. The van der Waals surface area contributed by atoms with E-state index in [0.717, 1.165) is 15.1 Å². The highest BCUT2D eigenvalue weighted by Crippen LogP contribution is 2.28. The molecule has 1 aromatic carbocycles. The predicted octanol–water partition coefficient (Wildman–Crippen LogP) is 3.45. The van der Waals surface area contributed by atoms with Gasteiger partial charge in [-0.15, -0.1) is 21.2 Å². The molecule has 2 aromatic heterocycles. The lowest BCUT2D eigenvalue weighted by Crippen LogP contribution is -2.37. The van der Waals surface area contributed by atoms with Gasteiger partial charge < -0.3 is 0 Å². The zero-order chi connectivity index (χ0) is 18.1. The Bertz CT molecular complexity index is 1140. The first kappa shape index (κ1) is 16.6. The fourth-order valence-corrected chi connectivity index (χ4v) is 3.74. The van der Waals surface area contributed by atoms with E-state index in [4.69, 9.17) is 12.2 Å². The van der Waals surface area contributed by atoms with Gasteiger partial charge in [0.15, 0.2) is 0 Å². The number of benzene rings is 1. The van der Waals surface area contributed by atoms with Crippen molar-refractivity contribution in [2.45, 2.75) is 6.42 Å². The maximum absolute atomic E-state index is 12.8. The third kappa shape index (κ3) is 2.91. The number of hydrogen-bond acceptors (Lipinski definition) is 5. The van der Waals surface area contributed by atoms with E-state index in [2.05, 4.69) is 10.5 Å². The van der Waals surface area contributed by atoms with Gasteiger partial charge in [-0.3, -0.25) is 9.59 Å². The molecule has 1 N–H and O–H groups in total. The SMILES string of the molecule is O=C(Nn1nc(-c2cccs2)c2ccccc2c1=O)C1=CC=CCC1=S. The van der Waals surface area contributed by atoms with Crippen molar-refractivity contribution >= 4 is 45.1 Å². The van der Waals surface area contributed by atoms with E-state index in [1.54, 1.807) is 24.3 Å². The van der Waals surface area contributed by atoms with Crippen molar-refractivity contribution in [3.8, 4) is 10.6 Å². The van der Waals surface area contributed by atoms with E-state index < -0.39 is 5.91 Å². The van der Waals surface area contributed by atoms with Crippen LogP contribution in [0, 0.1) is 0 Å². The summed E-state index contributed by atoms with van der Waals surface area (Å²) in [6.45, 7) is 0. The van der Waals surface area contributed by atoms with Crippen LogP contribution in [0.25, 0.3) is 21.3 Å². The van der Waals surface area contributed by atoms with Crippen molar-refractivity contribution in [1.29, 1.82) is 0 Å². The second-order valence-electron chi connectivity index (χ2n) is 5.67. The van der Waals surface area contributed by atoms with E-state index in [1.165, 1.54) is 11.3 Å². The number of thiophene rings is 1. The van der Waals surface area contributed by atoms with Gasteiger partial charge in [0.05, 0.1) is 15.8 Å². The van der Waals surface area contributed by atoms with Gasteiger partial charge in [-0.25, -0.2) is 5.43 Å². The number of carbonyl (C=O) groups is 1. The van der Waals surface area contributed by atoms with E-state index in [9.17, 15) is 9.59 Å². The van der Waals surface area contributed by atoms with Gasteiger partial charge in [-0.1, -0.05) is 48.6 Å². The second-order valence-corrected chi connectivity index (χ2v) is 7.11. The molecule has 7 heteroatoms. The number of amides is 1. The van der Waals surface area contributed by atoms with Crippen molar-refractivity contribution < 1.29 is 4.79 Å². The summed E-state index contributed by atoms with van der Waals surface area (Å²) < 4.78 is 0. The number of nitrogens with zero attached hydrogens (tertiary/aromatic N) is 2. The molecular weight excluding hydrogens is 366 g/mol. The topological polar surface area (TPSA) is 64.0 Å². The number of aromatic nitrogens is 2. The highest BCUT2D eigenvalue weighted by molar-refractivity contribution is 7.81. The number of rotatable bonds is 3. The van der Waals surface area contributed by atoms with Crippen molar-refractivity contribution in [1.82, 2.24) is 9.89 Å². The largest absolute Gasteiger partial charge is 0.294 e. The third-order valence-corrected chi connectivity index (χ3v) is 5.28. The van der Waals surface area contributed by atoms with Gasteiger partial charge >= 0.3 is 0 Å². The van der Waals surface area contributed by atoms with Crippen LogP contribution in [0.2, 0.25) is 0 Å². The predicted molar refractivity (Wildman–Crippen MR) is 108 cm³/mol. The number of fused-ring (bicyclic) bond motifs is 1. The molecule has 0 fully saturated rings. The number of nitrogens with one attached hydrogen (secondary N) is 1. The quantitative estimate of drug-likeness (QED) is 0.708. The third-order valence-electron chi connectivity index (χ3n) is 4.01. The van der Waals surface area contributed by atoms with Crippen molar-refractivity contribution in [3.05, 3.63) is 75.9 Å². The van der Waals surface area contributed by atoms with Crippen LogP contribution in [0.3, 0.4) is 0 Å². The molecule has 1 aliphatic rings. The van der Waals surface area contributed by atoms with Crippen molar-refractivity contribution in [2.24, 2.45) is 0 Å². The van der Waals surface area contributed by atoms with Crippen molar-refractivity contribution in [3.63, 3.8) is 0 Å². The minimum absolute atomic E-state index is 0.377. The average Bonchev–Trinajstić information content (AvgIpc) is 3.19. The summed E-state index contributed by atoms with van der Waals surface area (Å²) in [7, 11) is 0. The van der Waals surface area contributed by atoms with Crippen LogP contribution in [0.1, 0.15) is 6.42 Å². The molecule has 26 heavy (non-hydrogen) atoms. The summed E-state index contributed by atoms with van der Waals surface area (Å²) in [6.07, 6.45) is 5.84. The highest BCUT2D eigenvalue weighted by Gasteiger charge is 2.18. The van der Waals surface area contributed by atoms with Crippen LogP contribution in [0.5, 0.6) is 0 Å². The Hall–Kier alpha value is -2.90. The monoisotopic (exact) mass is 379 g/mol. The molecule has 4 rings (SSSR count). The van der Waals surface area contributed by atoms with Crippen LogP contribution in [0.15, 0.2) is 70.4 Å². The molecular formula is C19H13N3O2S2. The maximum atomic E-state index is 12.8. The average molecular weight is 379 g/mol. The zero-order valence-corrected chi connectivity index (χ0v) is 15.1. The Morgan fingerprint density at radius 2 is 2.00 bits per heavy atom. The molecule has 0 saturated heterocycles. The summed E-state index contributed by atoms with van der Waals surface area (Å²) >= 11 is 6.75. The fraction of sp³-hybridized carbons (Fsp3) is 0.0526. The lowest BCUT2D eigenvalue weighted by atomic mass is 10.0. The molecule has 2 heterocycles. The van der Waals surface area contributed by atoms with Crippen LogP contribution >= 0.6 is 23.6 Å². The molecule has 0 saturated carbocycles. The molecule has 1 aliphatic carbocycles. The summed E-state index contributed by atoms with van der Waals surface area (Å²) in [5, 5.41) is 7.58. The minimum atomic E-state index is -0.443. The lowest BCUT2D eigenvalue weighted by Gasteiger charge is -2.13. The lowest BCUT2D eigenvalue weighted by molar-refractivity contribution is -0.113. The number of carbonyl (C=O) groups excluding carboxylic acids is 1. The van der Waals surface area contributed by atoms with E-state index in [1.807, 2.05) is 35.7 Å². The standard InChI is InChI=1S/C19H13N3O2S2/c23-18(14-8-3-4-9-15(14)25)21-22-19(24)13-7-2-1-6-12(13)17(20-22)16-10-5-11-26-16/h1-8,10-11H,9H2,(H,21,23). The molecule has 0 unspecified atom stereocenters. The first-order valence-electron chi connectivity index (χ1n) is 7.92. The van der Waals surface area contributed by atoms with Crippen molar-refractivity contribution in [2.75, 3.05) is 5.43 Å². The maximum Gasteiger partial charge on any atom is 0.294 e. The van der Waals surface area contributed by atoms with Gasteiger partial charge in [0, 0.05) is 16.7 Å². The summed E-state index contributed by atoms with van der Waals surface area (Å²) in [6, 6.07) is 11.1. The van der Waals surface area contributed by atoms with Gasteiger partial charge in [0.25, 0.3) is 11.5 Å². The van der Waals surface area contributed by atoms with Crippen LogP contribution in [-0.4, -0.2) is 20.7 Å². The Kier molecular flexibility index (Phi) is 4.32. The molecule has 0 spiro atoms. The fourth-order valence-electron chi connectivity index (χ4n) is 2.76. The first-order valence-corrected chi connectivity index (χ1v) is 9.21. The Labute approximate surface area is 158 Å². The number of hydrogen-bond donors (Lipinski definition) is 1. The minimum Gasteiger partial charge on any atom is -0.267 e. The Balaban J connectivity index is 1.83. The van der Waals surface area contributed by atoms with E-state index in [0.29, 0.717) is 27.9 Å². The smallest absolute Gasteiger partial charge is 0.267 e. The van der Waals surface area contributed by atoms with Gasteiger partial charge in [-0.2, -0.15) is 0 Å². The Morgan fingerprint density at radius 1 is 1.19 bits per heavy atom. The van der Waals surface area contributed by atoms with E-state index >= 15 is 0 Å². The normalized spacial score (nSPS) is 13.7. The first-order chi connectivity index (χ1) is 12.6. The highest BCUT2D eigenvalue weighted by atomic mass is 32.1. The Morgan fingerprint density at radius 3 is 2.73 bits per heavy atom.